The van der Waals surface area contributed by atoms with Gasteiger partial charge in [-0.2, -0.15) is 5.10 Å². The van der Waals surface area contributed by atoms with Gasteiger partial charge in [-0.05, 0) is 18.2 Å². The minimum Gasteiger partial charge on any atom is -0.330 e. The topological polar surface area (TPSA) is 67.2 Å². The van der Waals surface area contributed by atoms with Gasteiger partial charge in [-0.1, -0.05) is 18.2 Å². The lowest BCUT2D eigenvalue weighted by atomic mass is 10.2. The Morgan fingerprint density at radius 2 is 1.92 bits per heavy atom. The quantitative estimate of drug-likeness (QED) is 0.730. The first-order chi connectivity index (χ1) is 12.2. The van der Waals surface area contributed by atoms with Gasteiger partial charge in [0.2, 0.25) is 11.9 Å². The van der Waals surface area contributed by atoms with Crippen molar-refractivity contribution >= 4 is 17.5 Å². The lowest BCUT2D eigenvalue weighted by Gasteiger charge is -2.34. The molecule has 3 heterocycles. The lowest BCUT2D eigenvalue weighted by Crippen LogP contribution is -2.51. The fraction of sp³-hybridized carbons (Fsp3) is 0.222. The van der Waals surface area contributed by atoms with Gasteiger partial charge in [-0.3, -0.25) is 9.48 Å². The molecule has 7 nitrogen and oxygen atoms in total. The Morgan fingerprint density at radius 3 is 2.64 bits per heavy atom. The van der Waals surface area contributed by atoms with E-state index in [0.717, 1.165) is 16.9 Å². The maximum absolute atomic E-state index is 12.6. The molecule has 0 unspecified atom stereocenters. The van der Waals surface area contributed by atoms with Gasteiger partial charge in [0, 0.05) is 43.8 Å². The molecule has 126 valence electrons. The van der Waals surface area contributed by atoms with E-state index in [4.69, 9.17) is 0 Å². The van der Waals surface area contributed by atoms with Crippen LogP contribution in [0.1, 0.15) is 0 Å². The number of para-hydroxylation sites is 1. The fourth-order valence-electron chi connectivity index (χ4n) is 2.94. The predicted octanol–water partition coefficient (Wildman–Crippen LogP) is 1.73. The van der Waals surface area contributed by atoms with Gasteiger partial charge in [-0.25, -0.2) is 9.97 Å². The van der Waals surface area contributed by atoms with Crippen molar-refractivity contribution in [1.82, 2.24) is 19.7 Å². The van der Waals surface area contributed by atoms with Crippen molar-refractivity contribution in [3.63, 3.8) is 0 Å². The molecular weight excluding hydrogens is 316 g/mol. The zero-order valence-electron chi connectivity index (χ0n) is 13.9. The summed E-state index contributed by atoms with van der Waals surface area (Å²) < 4.78 is 1.74. The first kappa shape index (κ1) is 15.3. The van der Waals surface area contributed by atoms with Crippen LogP contribution in [0.25, 0.3) is 11.3 Å². The van der Waals surface area contributed by atoms with E-state index in [1.54, 1.807) is 17.1 Å². The highest BCUT2D eigenvalue weighted by Crippen LogP contribution is 2.21. The largest absolute Gasteiger partial charge is 0.330 e. The Kier molecular flexibility index (Phi) is 3.89. The summed E-state index contributed by atoms with van der Waals surface area (Å²) in [5, 5.41) is 4.17. The first-order valence-corrected chi connectivity index (χ1v) is 8.13. The first-order valence-electron chi connectivity index (χ1n) is 8.13. The van der Waals surface area contributed by atoms with Gasteiger partial charge in [0.15, 0.2) is 0 Å². The molecule has 1 aliphatic heterocycles. The number of aryl methyl sites for hydroxylation is 1. The van der Waals surface area contributed by atoms with Crippen molar-refractivity contribution in [3.05, 3.63) is 55.0 Å². The molecule has 0 N–H and O–H groups in total. The lowest BCUT2D eigenvalue weighted by molar-refractivity contribution is -0.117. The van der Waals surface area contributed by atoms with Crippen LogP contribution in [0.5, 0.6) is 0 Å². The van der Waals surface area contributed by atoms with Crippen molar-refractivity contribution in [2.24, 2.45) is 7.05 Å². The molecule has 2 aromatic heterocycles. The molecule has 25 heavy (non-hydrogen) atoms. The summed E-state index contributed by atoms with van der Waals surface area (Å²) >= 11 is 0. The monoisotopic (exact) mass is 334 g/mol. The Labute approximate surface area is 145 Å². The van der Waals surface area contributed by atoms with Crippen LogP contribution in [-0.4, -0.2) is 45.3 Å². The Hall–Kier alpha value is -3.22. The van der Waals surface area contributed by atoms with Crippen LogP contribution in [0.2, 0.25) is 0 Å². The summed E-state index contributed by atoms with van der Waals surface area (Å²) in [5.74, 6) is 0.621. The minimum atomic E-state index is 0.0489. The van der Waals surface area contributed by atoms with E-state index < -0.39 is 0 Å². The van der Waals surface area contributed by atoms with Gasteiger partial charge >= 0.3 is 0 Å². The van der Waals surface area contributed by atoms with E-state index in [-0.39, 0.29) is 12.5 Å². The summed E-state index contributed by atoms with van der Waals surface area (Å²) in [6.07, 6.45) is 5.40. The molecule has 0 saturated carbocycles. The van der Waals surface area contributed by atoms with Crippen LogP contribution < -0.4 is 9.80 Å². The molecule has 1 aromatic carbocycles. The average Bonchev–Trinajstić information content (AvgIpc) is 3.09. The zero-order valence-corrected chi connectivity index (χ0v) is 13.9. The van der Waals surface area contributed by atoms with Crippen molar-refractivity contribution in [2.75, 3.05) is 29.4 Å². The Balaban J connectivity index is 1.53. The summed E-state index contributed by atoms with van der Waals surface area (Å²) in [4.78, 5) is 25.2. The zero-order chi connectivity index (χ0) is 17.2. The molecule has 4 rings (SSSR count). The third-order valence-corrected chi connectivity index (χ3v) is 4.21. The summed E-state index contributed by atoms with van der Waals surface area (Å²) in [5.41, 5.74) is 2.66. The van der Waals surface area contributed by atoms with Crippen LogP contribution in [0.4, 0.5) is 11.6 Å². The van der Waals surface area contributed by atoms with Gasteiger partial charge < -0.3 is 9.80 Å². The second kappa shape index (κ2) is 6.35. The van der Waals surface area contributed by atoms with Crippen molar-refractivity contribution < 1.29 is 4.79 Å². The number of carbonyl (C=O) groups is 1. The highest BCUT2D eigenvalue weighted by molar-refractivity contribution is 5.97. The molecule has 1 fully saturated rings. The van der Waals surface area contributed by atoms with E-state index in [1.807, 2.05) is 59.4 Å². The molecule has 0 spiro atoms. The standard InChI is InChI=1S/C18H18N6O/c1-22-12-14(11-20-22)16-7-8-19-18(21-16)23-9-10-24(17(25)13-23)15-5-3-2-4-6-15/h2-8,11-12H,9-10,13H2,1H3. The normalized spacial score (nSPS) is 14.8. The van der Waals surface area contributed by atoms with Crippen molar-refractivity contribution in [1.29, 1.82) is 0 Å². The molecule has 1 saturated heterocycles. The number of carbonyl (C=O) groups excluding carboxylic acids is 1. The molecule has 3 aromatic rings. The predicted molar refractivity (Wildman–Crippen MR) is 95.2 cm³/mol. The SMILES string of the molecule is Cn1cc(-c2ccnc(N3CCN(c4ccccc4)C(=O)C3)n2)cn1. The fourth-order valence-corrected chi connectivity index (χ4v) is 2.94. The van der Waals surface area contributed by atoms with Crippen molar-refractivity contribution in [3.8, 4) is 11.3 Å². The Morgan fingerprint density at radius 1 is 1.08 bits per heavy atom. The number of hydrogen-bond acceptors (Lipinski definition) is 5. The second-order valence-corrected chi connectivity index (χ2v) is 5.95. The summed E-state index contributed by atoms with van der Waals surface area (Å²) in [6, 6.07) is 11.6. The number of anilines is 2. The number of rotatable bonds is 3. The average molecular weight is 334 g/mol. The highest BCUT2D eigenvalue weighted by Gasteiger charge is 2.26. The van der Waals surface area contributed by atoms with Gasteiger partial charge in [0.1, 0.15) is 6.54 Å². The number of piperazine rings is 1. The van der Waals surface area contributed by atoms with Crippen LogP contribution in [0.3, 0.4) is 0 Å². The molecular formula is C18H18N6O. The maximum atomic E-state index is 12.6. The van der Waals surface area contributed by atoms with E-state index in [1.165, 1.54) is 0 Å². The van der Waals surface area contributed by atoms with Crippen LogP contribution in [-0.2, 0) is 11.8 Å². The number of hydrogen-bond donors (Lipinski definition) is 0. The van der Waals surface area contributed by atoms with E-state index in [9.17, 15) is 4.79 Å². The molecule has 1 amide bonds. The number of nitrogens with zero attached hydrogens (tertiary/aromatic N) is 6. The third kappa shape index (κ3) is 3.08. The van der Waals surface area contributed by atoms with Crippen LogP contribution >= 0.6 is 0 Å². The number of benzene rings is 1. The van der Waals surface area contributed by atoms with Crippen LogP contribution in [0.15, 0.2) is 55.0 Å². The molecule has 7 heteroatoms. The molecule has 1 aliphatic rings. The molecule has 0 bridgehead atoms. The molecule has 0 aliphatic carbocycles. The van der Waals surface area contributed by atoms with Gasteiger partial charge in [0.25, 0.3) is 0 Å². The van der Waals surface area contributed by atoms with Gasteiger partial charge in [0.05, 0.1) is 11.9 Å². The van der Waals surface area contributed by atoms with Gasteiger partial charge in [-0.15, -0.1) is 0 Å². The van der Waals surface area contributed by atoms with Crippen LogP contribution in [0, 0.1) is 0 Å². The highest BCUT2D eigenvalue weighted by atomic mass is 16.2. The van der Waals surface area contributed by atoms with E-state index in [2.05, 4.69) is 15.1 Å². The summed E-state index contributed by atoms with van der Waals surface area (Å²) in [7, 11) is 1.87. The second-order valence-electron chi connectivity index (χ2n) is 5.95. The van der Waals surface area contributed by atoms with E-state index >= 15 is 0 Å². The molecule has 0 atom stereocenters. The smallest absolute Gasteiger partial charge is 0.246 e. The Bertz CT molecular complexity index is 891. The molecule has 0 radical (unpaired) electrons. The summed E-state index contributed by atoms with van der Waals surface area (Å²) in [6.45, 7) is 1.58. The minimum absolute atomic E-state index is 0.0489. The third-order valence-electron chi connectivity index (χ3n) is 4.21. The van der Waals surface area contributed by atoms with Crippen molar-refractivity contribution in [2.45, 2.75) is 0 Å². The maximum Gasteiger partial charge on any atom is 0.246 e. The number of aromatic nitrogens is 4. The van der Waals surface area contributed by atoms with E-state index in [0.29, 0.717) is 19.0 Å². The number of amides is 1.